The molecule has 1 saturated carbocycles. The number of aliphatic carboxylic acids is 1. The van der Waals surface area contributed by atoms with Gasteiger partial charge in [-0.1, -0.05) is 12.2 Å². The summed E-state index contributed by atoms with van der Waals surface area (Å²) in [5, 5.41) is 22.9. The number of carboxylic acid groups (broad SMARTS) is 1. The first-order chi connectivity index (χ1) is 10.9. The lowest BCUT2D eigenvalue weighted by Crippen LogP contribution is -2.36. The predicted octanol–water partition coefficient (Wildman–Crippen LogP) is 2.36. The molecule has 1 amide bonds. The van der Waals surface area contributed by atoms with E-state index in [4.69, 9.17) is 0 Å². The molecule has 3 rings (SSSR count). The van der Waals surface area contributed by atoms with Crippen molar-refractivity contribution >= 4 is 23.3 Å². The second kappa shape index (κ2) is 5.49. The molecule has 0 heterocycles. The number of rotatable bonds is 4. The summed E-state index contributed by atoms with van der Waals surface area (Å²) in [6, 6.07) is 4.17. The Morgan fingerprint density at radius 2 is 1.91 bits per heavy atom. The summed E-state index contributed by atoms with van der Waals surface area (Å²) in [4.78, 5) is 34.3. The number of nitro benzene ring substituents is 1. The summed E-state index contributed by atoms with van der Waals surface area (Å²) in [6.07, 6.45) is 4.48. The van der Waals surface area contributed by atoms with E-state index in [0.29, 0.717) is 17.7 Å². The fourth-order valence-electron chi connectivity index (χ4n) is 3.63. The van der Waals surface area contributed by atoms with E-state index in [1.807, 2.05) is 12.2 Å². The van der Waals surface area contributed by atoms with Gasteiger partial charge in [0.25, 0.3) is 5.69 Å². The number of anilines is 1. The summed E-state index contributed by atoms with van der Waals surface area (Å²) in [5.41, 5.74) is 0.987. The molecule has 120 valence electrons. The van der Waals surface area contributed by atoms with Gasteiger partial charge in [-0.05, 0) is 36.8 Å². The number of benzene rings is 1. The molecule has 0 spiro atoms. The molecule has 2 N–H and O–H groups in total. The summed E-state index contributed by atoms with van der Waals surface area (Å²) in [6.45, 7) is 1.66. The van der Waals surface area contributed by atoms with E-state index in [-0.39, 0.29) is 23.4 Å². The van der Waals surface area contributed by atoms with Crippen LogP contribution in [0, 0.1) is 40.7 Å². The molecule has 1 aromatic carbocycles. The maximum Gasteiger partial charge on any atom is 0.307 e. The SMILES string of the molecule is Cc1cc([N+](=O)[O-])ccc1NC(=O)[C@H]1[C@@H](C(=O)O)[C@H]2C=C[C@H]1C2. The first-order valence-corrected chi connectivity index (χ1v) is 7.35. The molecule has 2 aliphatic rings. The summed E-state index contributed by atoms with van der Waals surface area (Å²) in [5.74, 6) is -2.75. The molecule has 0 unspecified atom stereocenters. The quantitative estimate of drug-likeness (QED) is 0.503. The van der Waals surface area contributed by atoms with Gasteiger partial charge >= 0.3 is 5.97 Å². The molecular weight excluding hydrogens is 300 g/mol. The van der Waals surface area contributed by atoms with Crippen LogP contribution in [0.4, 0.5) is 11.4 Å². The zero-order valence-corrected chi connectivity index (χ0v) is 12.4. The van der Waals surface area contributed by atoms with E-state index in [2.05, 4.69) is 5.32 Å². The van der Waals surface area contributed by atoms with Gasteiger partial charge in [-0.15, -0.1) is 0 Å². The third kappa shape index (κ3) is 2.58. The number of aryl methyl sites for hydroxylation is 1. The number of hydrogen-bond donors (Lipinski definition) is 2. The normalized spacial score (nSPS) is 27.9. The van der Waals surface area contributed by atoms with Crippen LogP contribution in [0.5, 0.6) is 0 Å². The number of allylic oxidation sites excluding steroid dienone is 2. The topological polar surface area (TPSA) is 110 Å². The molecule has 0 radical (unpaired) electrons. The van der Waals surface area contributed by atoms with Gasteiger partial charge in [0.2, 0.25) is 5.91 Å². The van der Waals surface area contributed by atoms with E-state index in [1.165, 1.54) is 18.2 Å². The summed E-state index contributed by atoms with van der Waals surface area (Å²) in [7, 11) is 0. The van der Waals surface area contributed by atoms with Crippen LogP contribution < -0.4 is 5.32 Å². The highest BCUT2D eigenvalue weighted by molar-refractivity contribution is 5.97. The van der Waals surface area contributed by atoms with E-state index >= 15 is 0 Å². The maximum absolute atomic E-state index is 12.5. The minimum atomic E-state index is -0.956. The Bertz CT molecular complexity index is 727. The van der Waals surface area contributed by atoms with E-state index in [1.54, 1.807) is 6.92 Å². The number of nitrogens with one attached hydrogen (secondary N) is 1. The lowest BCUT2D eigenvalue weighted by molar-refractivity contribution is -0.384. The summed E-state index contributed by atoms with van der Waals surface area (Å²) < 4.78 is 0. The molecule has 7 nitrogen and oxygen atoms in total. The van der Waals surface area contributed by atoms with Gasteiger partial charge < -0.3 is 10.4 Å². The Morgan fingerprint density at radius 1 is 1.26 bits per heavy atom. The Kier molecular flexibility index (Phi) is 3.63. The average molecular weight is 316 g/mol. The second-order valence-corrected chi connectivity index (χ2v) is 6.08. The largest absolute Gasteiger partial charge is 0.481 e. The molecule has 0 aliphatic heterocycles. The van der Waals surface area contributed by atoms with Crippen molar-refractivity contribution in [2.75, 3.05) is 5.32 Å². The second-order valence-electron chi connectivity index (χ2n) is 6.08. The third-order valence-corrected chi connectivity index (χ3v) is 4.73. The molecular formula is C16H16N2O5. The number of fused-ring (bicyclic) bond motifs is 2. The maximum atomic E-state index is 12.5. The predicted molar refractivity (Wildman–Crippen MR) is 81.8 cm³/mol. The highest BCUT2D eigenvalue weighted by Crippen LogP contribution is 2.48. The average Bonchev–Trinajstić information content (AvgIpc) is 3.09. The van der Waals surface area contributed by atoms with Gasteiger partial charge in [-0.2, -0.15) is 0 Å². The van der Waals surface area contributed by atoms with Crippen LogP contribution in [0.2, 0.25) is 0 Å². The number of nitrogens with zero attached hydrogens (tertiary/aromatic N) is 1. The van der Waals surface area contributed by atoms with Gasteiger partial charge in [0.15, 0.2) is 0 Å². The fraction of sp³-hybridized carbons (Fsp3) is 0.375. The third-order valence-electron chi connectivity index (χ3n) is 4.73. The highest BCUT2D eigenvalue weighted by atomic mass is 16.6. The van der Waals surface area contributed by atoms with Gasteiger partial charge in [-0.3, -0.25) is 19.7 Å². The Balaban J connectivity index is 1.81. The van der Waals surface area contributed by atoms with Crippen molar-refractivity contribution in [3.63, 3.8) is 0 Å². The number of hydrogen-bond acceptors (Lipinski definition) is 4. The lowest BCUT2D eigenvalue weighted by Gasteiger charge is -2.24. The minimum absolute atomic E-state index is 0.0493. The van der Waals surface area contributed by atoms with E-state index < -0.39 is 22.7 Å². The molecule has 4 atom stereocenters. The van der Waals surface area contributed by atoms with Crippen LogP contribution in [0.15, 0.2) is 30.4 Å². The van der Waals surface area contributed by atoms with Crippen molar-refractivity contribution in [2.24, 2.45) is 23.7 Å². The standard InChI is InChI=1S/C16H16N2O5/c1-8-6-11(18(22)23)4-5-12(8)17-15(19)13-9-2-3-10(7-9)14(13)16(20)21/h2-6,9-10,13-14H,7H2,1H3,(H,17,19)(H,20,21)/t9-,10-,13+,14-/m0/s1. The molecule has 1 aromatic rings. The number of carboxylic acids is 1. The van der Waals surface area contributed by atoms with E-state index in [0.717, 1.165) is 0 Å². The van der Waals surface area contributed by atoms with E-state index in [9.17, 15) is 24.8 Å². The Hall–Kier alpha value is -2.70. The molecule has 23 heavy (non-hydrogen) atoms. The zero-order valence-electron chi connectivity index (χ0n) is 12.4. The van der Waals surface area contributed by atoms with Crippen LogP contribution in [0.1, 0.15) is 12.0 Å². The zero-order chi connectivity index (χ0) is 16.7. The van der Waals surface area contributed by atoms with Crippen molar-refractivity contribution in [2.45, 2.75) is 13.3 Å². The van der Waals surface area contributed by atoms with Crippen LogP contribution in [0.3, 0.4) is 0 Å². The lowest BCUT2D eigenvalue weighted by atomic mass is 9.82. The van der Waals surface area contributed by atoms with Crippen molar-refractivity contribution < 1.29 is 19.6 Å². The van der Waals surface area contributed by atoms with Gasteiger partial charge in [0.05, 0.1) is 16.8 Å². The van der Waals surface area contributed by atoms with Crippen LogP contribution >= 0.6 is 0 Å². The summed E-state index contributed by atoms with van der Waals surface area (Å²) >= 11 is 0. The number of carbonyl (C=O) groups excluding carboxylic acids is 1. The number of nitro groups is 1. The molecule has 2 aliphatic carbocycles. The van der Waals surface area contributed by atoms with Crippen molar-refractivity contribution in [3.8, 4) is 0 Å². The van der Waals surface area contributed by atoms with Crippen LogP contribution in [0.25, 0.3) is 0 Å². The molecule has 1 fully saturated rings. The van der Waals surface area contributed by atoms with Gasteiger partial charge in [-0.25, -0.2) is 0 Å². The number of non-ortho nitro benzene ring substituents is 1. The fourth-order valence-corrected chi connectivity index (χ4v) is 3.63. The Morgan fingerprint density at radius 3 is 2.48 bits per heavy atom. The van der Waals surface area contributed by atoms with Crippen molar-refractivity contribution in [3.05, 3.63) is 46.0 Å². The van der Waals surface area contributed by atoms with Crippen LogP contribution in [-0.4, -0.2) is 21.9 Å². The smallest absolute Gasteiger partial charge is 0.307 e. The van der Waals surface area contributed by atoms with Gasteiger partial charge in [0.1, 0.15) is 0 Å². The van der Waals surface area contributed by atoms with Crippen molar-refractivity contribution in [1.82, 2.24) is 0 Å². The van der Waals surface area contributed by atoms with Gasteiger partial charge in [0, 0.05) is 17.8 Å². The first kappa shape index (κ1) is 15.2. The molecule has 7 heteroatoms. The molecule has 2 bridgehead atoms. The highest BCUT2D eigenvalue weighted by Gasteiger charge is 2.51. The van der Waals surface area contributed by atoms with Crippen molar-refractivity contribution in [1.29, 1.82) is 0 Å². The number of carbonyl (C=O) groups is 2. The minimum Gasteiger partial charge on any atom is -0.481 e. The van der Waals surface area contributed by atoms with Crippen LogP contribution in [-0.2, 0) is 9.59 Å². The molecule has 0 aromatic heterocycles. The number of amides is 1. The monoisotopic (exact) mass is 316 g/mol. The molecule has 0 saturated heterocycles. The first-order valence-electron chi connectivity index (χ1n) is 7.35. The Labute approximate surface area is 132 Å².